The quantitative estimate of drug-likeness (QED) is 0.101. The van der Waals surface area contributed by atoms with Crippen LogP contribution in [0.4, 0.5) is 0 Å². The highest BCUT2D eigenvalue weighted by Gasteiger charge is 2.23. The standard InChI is InChI=1S/2C20H20N2O4/c2*1-3-12-8-14(16(24)10-15(12)23)20-19(11(2)21-22-20)13-4-5-17-18(9-13)26-7-6-25-17/h2*4-5,8-10,23-24H,3,6-7H2,1-2H3,(H,21,22). The molecule has 6 N–H and O–H groups in total. The molecule has 52 heavy (non-hydrogen) atoms. The molecule has 4 heterocycles. The third-order valence-electron chi connectivity index (χ3n) is 9.22. The van der Waals surface area contributed by atoms with Gasteiger partial charge in [0.1, 0.15) is 60.8 Å². The number of aromatic hydroxyl groups is 4. The molecular formula is C40H40N4O8. The highest BCUT2D eigenvalue weighted by atomic mass is 16.6. The van der Waals surface area contributed by atoms with Crippen LogP contribution in [0.25, 0.3) is 44.8 Å². The molecule has 0 saturated carbocycles. The zero-order valence-corrected chi connectivity index (χ0v) is 29.3. The first kappa shape index (κ1) is 34.2. The molecule has 4 aromatic carbocycles. The number of nitrogens with zero attached hydrogens (tertiary/aromatic N) is 2. The molecule has 0 radical (unpaired) electrons. The van der Waals surface area contributed by atoms with Crippen molar-refractivity contribution in [1.29, 1.82) is 0 Å². The normalized spacial score (nSPS) is 13.0. The van der Waals surface area contributed by atoms with Crippen molar-refractivity contribution in [3.05, 3.63) is 83.2 Å². The minimum atomic E-state index is -0.00927. The van der Waals surface area contributed by atoms with Gasteiger partial charge in [-0.25, -0.2) is 0 Å². The van der Waals surface area contributed by atoms with E-state index in [-0.39, 0.29) is 23.0 Å². The van der Waals surface area contributed by atoms with Crippen LogP contribution >= 0.6 is 0 Å². The van der Waals surface area contributed by atoms with Gasteiger partial charge in [-0.1, -0.05) is 26.0 Å². The summed E-state index contributed by atoms with van der Waals surface area (Å²) in [4.78, 5) is 0. The minimum absolute atomic E-state index is 0.00927. The number of H-pyrrole nitrogens is 2. The second-order valence-electron chi connectivity index (χ2n) is 12.6. The Morgan fingerprint density at radius 1 is 0.519 bits per heavy atom. The van der Waals surface area contributed by atoms with E-state index in [0.717, 1.165) is 56.3 Å². The SMILES string of the molecule is CCc1cc(-c2n[nH]c(C)c2-c2ccc3c(c2)OCCO3)c(O)cc1O.CCc1cc(-c2n[nH]c(C)c2-c2ccc3c(c2)OCCO3)c(O)cc1O. The number of aromatic nitrogens is 4. The highest BCUT2D eigenvalue weighted by Crippen LogP contribution is 2.44. The molecule has 2 aliphatic rings. The topological polar surface area (TPSA) is 175 Å². The van der Waals surface area contributed by atoms with Gasteiger partial charge >= 0.3 is 0 Å². The number of phenolic OH excluding ortho intramolecular Hbond substituents is 4. The maximum atomic E-state index is 10.4. The summed E-state index contributed by atoms with van der Waals surface area (Å²) in [5.41, 5.74) is 9.28. The van der Waals surface area contributed by atoms with Gasteiger partial charge in [-0.2, -0.15) is 10.2 Å². The average Bonchev–Trinajstić information content (AvgIpc) is 3.73. The first-order valence-electron chi connectivity index (χ1n) is 17.2. The molecule has 2 aliphatic heterocycles. The Labute approximate surface area is 300 Å². The first-order valence-corrected chi connectivity index (χ1v) is 17.2. The molecule has 0 amide bonds. The molecule has 2 aromatic heterocycles. The Bertz CT molecular complexity index is 2120. The number of aromatic amines is 2. The van der Waals surface area contributed by atoms with Crippen molar-refractivity contribution >= 4 is 0 Å². The minimum Gasteiger partial charge on any atom is -0.508 e. The molecule has 12 heteroatoms. The van der Waals surface area contributed by atoms with Gasteiger partial charge in [0.25, 0.3) is 0 Å². The maximum absolute atomic E-state index is 10.4. The number of hydrogen-bond acceptors (Lipinski definition) is 10. The summed E-state index contributed by atoms with van der Waals surface area (Å²) in [5, 5.41) is 55.5. The van der Waals surface area contributed by atoms with Crippen LogP contribution in [0.5, 0.6) is 46.0 Å². The molecule has 0 fully saturated rings. The van der Waals surface area contributed by atoms with Crippen molar-refractivity contribution in [2.24, 2.45) is 0 Å². The fraction of sp³-hybridized carbons (Fsp3) is 0.250. The van der Waals surface area contributed by atoms with Crippen molar-refractivity contribution in [2.45, 2.75) is 40.5 Å². The lowest BCUT2D eigenvalue weighted by Crippen LogP contribution is -2.15. The summed E-state index contributed by atoms with van der Waals surface area (Å²) < 4.78 is 22.5. The van der Waals surface area contributed by atoms with Crippen LogP contribution in [0.3, 0.4) is 0 Å². The number of phenols is 4. The van der Waals surface area contributed by atoms with Crippen LogP contribution in [-0.2, 0) is 12.8 Å². The fourth-order valence-electron chi connectivity index (χ4n) is 6.54. The number of fused-ring (bicyclic) bond motifs is 2. The molecule has 0 bridgehead atoms. The maximum Gasteiger partial charge on any atom is 0.161 e. The molecule has 12 nitrogen and oxygen atoms in total. The summed E-state index contributed by atoms with van der Waals surface area (Å²) in [6.07, 6.45) is 1.31. The molecule has 0 atom stereocenters. The second kappa shape index (κ2) is 14.1. The van der Waals surface area contributed by atoms with E-state index < -0.39 is 0 Å². The Kier molecular flexibility index (Phi) is 9.29. The largest absolute Gasteiger partial charge is 0.508 e. The van der Waals surface area contributed by atoms with Gasteiger partial charge in [0, 0.05) is 45.8 Å². The predicted molar refractivity (Wildman–Crippen MR) is 196 cm³/mol. The van der Waals surface area contributed by atoms with E-state index in [0.29, 0.717) is 73.3 Å². The Balaban J connectivity index is 0.000000162. The van der Waals surface area contributed by atoms with E-state index in [2.05, 4.69) is 20.4 Å². The number of ether oxygens (including phenoxy) is 4. The van der Waals surface area contributed by atoms with Gasteiger partial charge in [0.05, 0.1) is 0 Å². The van der Waals surface area contributed by atoms with E-state index in [4.69, 9.17) is 18.9 Å². The van der Waals surface area contributed by atoms with Crippen molar-refractivity contribution < 1.29 is 39.4 Å². The summed E-state index contributed by atoms with van der Waals surface area (Å²) in [7, 11) is 0. The highest BCUT2D eigenvalue weighted by molar-refractivity contribution is 5.87. The Hall–Kier alpha value is -6.30. The molecule has 0 aliphatic carbocycles. The molecule has 268 valence electrons. The smallest absolute Gasteiger partial charge is 0.161 e. The van der Waals surface area contributed by atoms with Crippen LogP contribution in [0.2, 0.25) is 0 Å². The molecule has 0 spiro atoms. The monoisotopic (exact) mass is 704 g/mol. The summed E-state index contributed by atoms with van der Waals surface area (Å²) in [6.45, 7) is 9.90. The number of hydrogen-bond donors (Lipinski definition) is 6. The van der Waals surface area contributed by atoms with E-state index >= 15 is 0 Å². The number of nitrogens with one attached hydrogen (secondary N) is 2. The number of benzene rings is 4. The predicted octanol–water partition coefficient (Wildman–Crippen LogP) is 7.59. The Morgan fingerprint density at radius 3 is 1.29 bits per heavy atom. The first-order chi connectivity index (χ1) is 25.2. The number of aryl methyl sites for hydroxylation is 4. The van der Waals surface area contributed by atoms with Gasteiger partial charge in [-0.05, 0) is 85.3 Å². The van der Waals surface area contributed by atoms with Gasteiger partial charge < -0.3 is 39.4 Å². The van der Waals surface area contributed by atoms with E-state index in [1.54, 1.807) is 12.1 Å². The van der Waals surface area contributed by atoms with Crippen LogP contribution in [0.1, 0.15) is 36.4 Å². The zero-order chi connectivity index (χ0) is 36.5. The van der Waals surface area contributed by atoms with E-state index in [1.807, 2.05) is 64.1 Å². The lowest BCUT2D eigenvalue weighted by atomic mass is 9.96. The molecule has 6 aromatic rings. The molecule has 8 rings (SSSR count). The van der Waals surface area contributed by atoms with Crippen LogP contribution in [-0.4, -0.2) is 67.2 Å². The van der Waals surface area contributed by atoms with Crippen molar-refractivity contribution in [2.75, 3.05) is 26.4 Å². The fourth-order valence-corrected chi connectivity index (χ4v) is 6.54. The van der Waals surface area contributed by atoms with Crippen molar-refractivity contribution in [1.82, 2.24) is 20.4 Å². The summed E-state index contributed by atoms with van der Waals surface area (Å²) in [5.74, 6) is 3.00. The van der Waals surface area contributed by atoms with E-state index in [1.165, 1.54) is 12.1 Å². The van der Waals surface area contributed by atoms with Crippen LogP contribution < -0.4 is 18.9 Å². The van der Waals surface area contributed by atoms with Gasteiger partial charge in [-0.3, -0.25) is 10.2 Å². The van der Waals surface area contributed by atoms with Gasteiger partial charge in [0.15, 0.2) is 23.0 Å². The molecule has 0 unspecified atom stereocenters. The third-order valence-corrected chi connectivity index (χ3v) is 9.22. The lowest BCUT2D eigenvalue weighted by Gasteiger charge is -2.19. The zero-order valence-electron chi connectivity index (χ0n) is 29.3. The van der Waals surface area contributed by atoms with Gasteiger partial charge in [-0.15, -0.1) is 0 Å². The Morgan fingerprint density at radius 2 is 0.904 bits per heavy atom. The number of rotatable bonds is 6. The average molecular weight is 705 g/mol. The molecule has 0 saturated heterocycles. The van der Waals surface area contributed by atoms with Gasteiger partial charge in [0.2, 0.25) is 0 Å². The summed E-state index contributed by atoms with van der Waals surface area (Å²) >= 11 is 0. The lowest BCUT2D eigenvalue weighted by molar-refractivity contribution is 0.171. The van der Waals surface area contributed by atoms with Crippen LogP contribution in [0.15, 0.2) is 60.7 Å². The second-order valence-corrected chi connectivity index (χ2v) is 12.6. The summed E-state index contributed by atoms with van der Waals surface area (Å²) in [6, 6.07) is 17.8. The third kappa shape index (κ3) is 6.39. The van der Waals surface area contributed by atoms with E-state index in [9.17, 15) is 20.4 Å². The van der Waals surface area contributed by atoms with Crippen molar-refractivity contribution in [3.63, 3.8) is 0 Å². The molecular weight excluding hydrogens is 664 g/mol. The van der Waals surface area contributed by atoms with Crippen molar-refractivity contribution in [3.8, 4) is 90.8 Å². The van der Waals surface area contributed by atoms with Crippen LogP contribution in [0, 0.1) is 13.8 Å².